The highest BCUT2D eigenvalue weighted by Gasteiger charge is 2.11. The van der Waals surface area contributed by atoms with Gasteiger partial charge >= 0.3 is 0 Å². The first-order valence-electron chi connectivity index (χ1n) is 5.28. The van der Waals surface area contributed by atoms with Gasteiger partial charge in [-0.2, -0.15) is 4.73 Å². The summed E-state index contributed by atoms with van der Waals surface area (Å²) < 4.78 is 1.07. The van der Waals surface area contributed by atoms with Crippen molar-refractivity contribution < 1.29 is 5.21 Å². The van der Waals surface area contributed by atoms with E-state index in [2.05, 4.69) is 4.98 Å². The Hall–Kier alpha value is -2.49. The summed E-state index contributed by atoms with van der Waals surface area (Å²) in [6, 6.07) is 14.8. The van der Waals surface area contributed by atoms with Crippen molar-refractivity contribution in [2.24, 2.45) is 0 Å². The highest BCUT2D eigenvalue weighted by molar-refractivity contribution is 5.82. The second-order valence-corrected chi connectivity index (χ2v) is 3.86. The number of benzene rings is 2. The molecule has 3 N–H and O–H groups in total. The summed E-state index contributed by atoms with van der Waals surface area (Å²) in [6.45, 7) is 0. The summed E-state index contributed by atoms with van der Waals surface area (Å²) in [6.07, 6.45) is 0. The molecule has 0 aliphatic carbocycles. The van der Waals surface area contributed by atoms with Gasteiger partial charge in [0.1, 0.15) is 5.52 Å². The zero-order chi connectivity index (χ0) is 11.8. The number of fused-ring (bicyclic) bond motifs is 1. The molecule has 0 radical (unpaired) electrons. The maximum Gasteiger partial charge on any atom is 0.176 e. The number of hydrogen-bond donors (Lipinski definition) is 2. The zero-order valence-corrected chi connectivity index (χ0v) is 9.04. The quantitative estimate of drug-likeness (QED) is 0.494. The van der Waals surface area contributed by atoms with Crippen LogP contribution in [0.4, 0.5) is 5.69 Å². The summed E-state index contributed by atoms with van der Waals surface area (Å²) in [5.74, 6) is 0.520. The standard InChI is InChI=1S/C13H11N3O/c14-10-6-7-11-12(8-10)16(17)13(15-11)9-4-2-1-3-5-9/h1-8,17H,14H2. The van der Waals surface area contributed by atoms with Crippen LogP contribution in [0.1, 0.15) is 0 Å². The van der Waals surface area contributed by atoms with E-state index in [0.29, 0.717) is 17.0 Å². The second-order valence-electron chi connectivity index (χ2n) is 3.86. The Balaban J connectivity index is 2.28. The van der Waals surface area contributed by atoms with Crippen molar-refractivity contribution in [3.05, 3.63) is 48.5 Å². The third-order valence-electron chi connectivity index (χ3n) is 2.69. The largest absolute Gasteiger partial charge is 0.426 e. The van der Waals surface area contributed by atoms with Gasteiger partial charge < -0.3 is 10.9 Å². The Labute approximate surface area is 97.9 Å². The lowest BCUT2D eigenvalue weighted by Gasteiger charge is -2.00. The molecule has 1 aromatic heterocycles. The van der Waals surface area contributed by atoms with Crippen LogP contribution in [0.2, 0.25) is 0 Å². The van der Waals surface area contributed by atoms with Gasteiger partial charge in [-0.1, -0.05) is 30.3 Å². The summed E-state index contributed by atoms with van der Waals surface area (Å²) >= 11 is 0. The number of rotatable bonds is 1. The molecule has 1 heterocycles. The average molecular weight is 225 g/mol. The van der Waals surface area contributed by atoms with E-state index >= 15 is 0 Å². The number of anilines is 1. The van der Waals surface area contributed by atoms with Crippen molar-refractivity contribution in [3.8, 4) is 11.4 Å². The Kier molecular flexibility index (Phi) is 2.01. The normalized spacial score (nSPS) is 10.8. The molecule has 0 saturated carbocycles. The van der Waals surface area contributed by atoms with Crippen LogP contribution in [-0.4, -0.2) is 14.9 Å². The molecule has 4 heteroatoms. The fourth-order valence-corrected chi connectivity index (χ4v) is 1.85. The third kappa shape index (κ3) is 1.50. The molecule has 0 unspecified atom stereocenters. The molecule has 0 spiro atoms. The van der Waals surface area contributed by atoms with Crippen LogP contribution in [-0.2, 0) is 0 Å². The van der Waals surface area contributed by atoms with Crippen LogP contribution in [0.25, 0.3) is 22.4 Å². The topological polar surface area (TPSA) is 64.1 Å². The fraction of sp³-hybridized carbons (Fsp3) is 0. The molecule has 0 saturated heterocycles. The molecule has 0 aliphatic rings. The highest BCUT2D eigenvalue weighted by Crippen LogP contribution is 2.24. The maximum atomic E-state index is 10.1. The molecule has 0 fully saturated rings. The van der Waals surface area contributed by atoms with E-state index in [1.807, 2.05) is 30.3 Å². The fourth-order valence-electron chi connectivity index (χ4n) is 1.85. The van der Waals surface area contributed by atoms with Crippen molar-refractivity contribution in [1.82, 2.24) is 9.71 Å². The Morgan fingerprint density at radius 1 is 1.06 bits per heavy atom. The molecule has 0 aliphatic heterocycles. The lowest BCUT2D eigenvalue weighted by molar-refractivity contribution is 0.203. The van der Waals surface area contributed by atoms with Crippen molar-refractivity contribution in [2.75, 3.05) is 5.73 Å². The first-order valence-corrected chi connectivity index (χ1v) is 5.28. The number of nitrogens with zero attached hydrogens (tertiary/aromatic N) is 2. The minimum absolute atomic E-state index is 0.520. The van der Waals surface area contributed by atoms with Crippen molar-refractivity contribution >= 4 is 16.7 Å². The Bertz CT molecular complexity index is 674. The molecule has 17 heavy (non-hydrogen) atoms. The van der Waals surface area contributed by atoms with Gasteiger partial charge in [-0.05, 0) is 18.2 Å². The van der Waals surface area contributed by atoms with Crippen molar-refractivity contribution in [1.29, 1.82) is 0 Å². The smallest absolute Gasteiger partial charge is 0.176 e. The van der Waals surface area contributed by atoms with Crippen LogP contribution in [0, 0.1) is 0 Å². The van der Waals surface area contributed by atoms with E-state index in [4.69, 9.17) is 5.73 Å². The van der Waals surface area contributed by atoms with Crippen LogP contribution in [0.5, 0.6) is 0 Å². The number of nitrogen functional groups attached to an aromatic ring is 1. The van der Waals surface area contributed by atoms with Crippen LogP contribution < -0.4 is 5.73 Å². The second kappa shape index (κ2) is 3.52. The summed E-state index contributed by atoms with van der Waals surface area (Å²) in [5, 5.41) is 10.1. The highest BCUT2D eigenvalue weighted by atomic mass is 16.5. The molecule has 0 amide bonds. The van der Waals surface area contributed by atoms with E-state index in [-0.39, 0.29) is 0 Å². The van der Waals surface area contributed by atoms with E-state index in [1.165, 1.54) is 0 Å². The van der Waals surface area contributed by atoms with Gasteiger partial charge in [0.15, 0.2) is 5.82 Å². The van der Waals surface area contributed by atoms with Gasteiger partial charge in [0.2, 0.25) is 0 Å². The lowest BCUT2D eigenvalue weighted by atomic mass is 10.2. The van der Waals surface area contributed by atoms with Crippen LogP contribution in [0.15, 0.2) is 48.5 Å². The Morgan fingerprint density at radius 3 is 2.59 bits per heavy atom. The molecular weight excluding hydrogens is 214 g/mol. The lowest BCUT2D eigenvalue weighted by Crippen LogP contribution is -1.94. The molecule has 3 aromatic rings. The van der Waals surface area contributed by atoms with E-state index in [0.717, 1.165) is 15.8 Å². The van der Waals surface area contributed by atoms with Gasteiger partial charge in [-0.25, -0.2) is 4.98 Å². The van der Waals surface area contributed by atoms with Crippen LogP contribution >= 0.6 is 0 Å². The number of aromatic nitrogens is 2. The monoisotopic (exact) mass is 225 g/mol. The van der Waals surface area contributed by atoms with Gasteiger partial charge in [0.05, 0.1) is 5.52 Å². The minimum Gasteiger partial charge on any atom is -0.426 e. The number of nitrogens with two attached hydrogens (primary N) is 1. The van der Waals surface area contributed by atoms with Gasteiger partial charge in [-0.3, -0.25) is 0 Å². The minimum atomic E-state index is 0.520. The predicted molar refractivity (Wildman–Crippen MR) is 66.8 cm³/mol. The molecule has 2 aromatic carbocycles. The predicted octanol–water partition coefficient (Wildman–Crippen LogP) is 2.52. The maximum absolute atomic E-state index is 10.1. The van der Waals surface area contributed by atoms with Crippen LogP contribution in [0.3, 0.4) is 0 Å². The van der Waals surface area contributed by atoms with E-state index in [9.17, 15) is 5.21 Å². The summed E-state index contributed by atoms with van der Waals surface area (Å²) in [4.78, 5) is 4.38. The van der Waals surface area contributed by atoms with Crippen molar-refractivity contribution in [2.45, 2.75) is 0 Å². The average Bonchev–Trinajstić information content (AvgIpc) is 2.68. The summed E-state index contributed by atoms with van der Waals surface area (Å²) in [7, 11) is 0. The van der Waals surface area contributed by atoms with E-state index in [1.54, 1.807) is 18.2 Å². The SMILES string of the molecule is Nc1ccc2nc(-c3ccccc3)n(O)c2c1. The van der Waals surface area contributed by atoms with Gasteiger partial charge in [0.25, 0.3) is 0 Å². The Morgan fingerprint density at radius 2 is 1.82 bits per heavy atom. The molecular formula is C13H11N3O. The molecule has 0 bridgehead atoms. The number of hydrogen-bond acceptors (Lipinski definition) is 3. The van der Waals surface area contributed by atoms with E-state index < -0.39 is 0 Å². The summed E-state index contributed by atoms with van der Waals surface area (Å²) in [5.41, 5.74) is 8.50. The molecule has 3 rings (SSSR count). The molecule has 0 atom stereocenters. The molecule has 4 nitrogen and oxygen atoms in total. The first kappa shape index (κ1) is 9.72. The molecule has 84 valence electrons. The zero-order valence-electron chi connectivity index (χ0n) is 9.04. The van der Waals surface area contributed by atoms with Gasteiger partial charge in [-0.15, -0.1) is 0 Å². The van der Waals surface area contributed by atoms with Gasteiger partial charge in [0, 0.05) is 11.3 Å². The number of imidazole rings is 1. The van der Waals surface area contributed by atoms with Crippen molar-refractivity contribution in [3.63, 3.8) is 0 Å². The third-order valence-corrected chi connectivity index (χ3v) is 2.69. The first-order chi connectivity index (χ1) is 8.25.